The quantitative estimate of drug-likeness (QED) is 0.530. The molecule has 2 aromatic rings. The Labute approximate surface area is 114 Å². The van der Waals surface area contributed by atoms with E-state index in [4.69, 9.17) is 0 Å². The van der Waals surface area contributed by atoms with Crippen molar-refractivity contribution < 1.29 is 10.0 Å². The summed E-state index contributed by atoms with van der Waals surface area (Å²) in [6.45, 7) is 0. The lowest BCUT2D eigenvalue weighted by molar-refractivity contribution is -0.384. The van der Waals surface area contributed by atoms with Gasteiger partial charge in [-0.1, -0.05) is 12.1 Å². The van der Waals surface area contributed by atoms with Crippen molar-refractivity contribution in [1.29, 1.82) is 0 Å². The molecule has 2 rings (SSSR count). The monoisotopic (exact) mass is 276 g/mol. The summed E-state index contributed by atoms with van der Waals surface area (Å²) in [7, 11) is -0.0479. The number of rotatable bonds is 4. The van der Waals surface area contributed by atoms with Crippen molar-refractivity contribution in [2.24, 2.45) is 0 Å². The molecule has 0 radical (unpaired) electrons. The van der Waals surface area contributed by atoms with Crippen LogP contribution in [0.4, 0.5) is 5.69 Å². The highest BCUT2D eigenvalue weighted by Crippen LogP contribution is 2.21. The highest BCUT2D eigenvalue weighted by atomic mass is 32.2. The van der Waals surface area contributed by atoms with E-state index >= 15 is 0 Å². The molecular weight excluding hydrogens is 262 g/mol. The molecule has 19 heavy (non-hydrogen) atoms. The van der Waals surface area contributed by atoms with E-state index in [9.17, 15) is 15.2 Å². The van der Waals surface area contributed by atoms with Crippen molar-refractivity contribution in [3.63, 3.8) is 0 Å². The van der Waals surface area contributed by atoms with Gasteiger partial charge in [-0.05, 0) is 24.3 Å². The molecule has 4 nitrogen and oxygen atoms in total. The van der Waals surface area contributed by atoms with Crippen LogP contribution in [0.5, 0.6) is 5.75 Å². The molecule has 0 saturated heterocycles. The fraction of sp³-hybridized carbons (Fsp3) is 0.143. The first-order valence-corrected chi connectivity index (χ1v) is 7.51. The first-order chi connectivity index (χ1) is 9.06. The van der Waals surface area contributed by atoms with Gasteiger partial charge in [0.15, 0.2) is 4.90 Å². The van der Waals surface area contributed by atoms with Gasteiger partial charge < -0.3 is 5.11 Å². The molecule has 5 heteroatoms. The minimum absolute atomic E-state index is 0.0479. The largest absolute Gasteiger partial charge is 0.508 e. The number of hydrogen-bond donors (Lipinski definition) is 1. The van der Waals surface area contributed by atoms with Gasteiger partial charge in [0, 0.05) is 28.6 Å². The van der Waals surface area contributed by atoms with E-state index in [1.807, 2.05) is 18.2 Å². The van der Waals surface area contributed by atoms with Gasteiger partial charge in [-0.3, -0.25) is 10.1 Å². The summed E-state index contributed by atoms with van der Waals surface area (Å²) in [5.41, 5.74) is 1.08. The van der Waals surface area contributed by atoms with Crippen molar-refractivity contribution in [2.45, 2.75) is 10.6 Å². The fourth-order valence-electron chi connectivity index (χ4n) is 1.77. The third kappa shape index (κ3) is 3.48. The summed E-state index contributed by atoms with van der Waals surface area (Å²) in [5.74, 6) is 1.00. The Kier molecular flexibility index (Phi) is 4.06. The van der Waals surface area contributed by atoms with Crippen molar-refractivity contribution in [1.82, 2.24) is 0 Å². The normalized spacial score (nSPS) is 12.1. The molecule has 98 valence electrons. The number of benzene rings is 2. The smallest absolute Gasteiger partial charge is 0.269 e. The Balaban J connectivity index is 2.14. The molecule has 0 aromatic heterocycles. The second-order valence-electron chi connectivity index (χ2n) is 4.20. The molecule has 1 N–H and O–H groups in total. The zero-order chi connectivity index (χ0) is 13.8. The van der Waals surface area contributed by atoms with Crippen LogP contribution in [-0.4, -0.2) is 16.3 Å². The number of aromatic hydroxyl groups is 1. The molecule has 1 unspecified atom stereocenters. The average molecular weight is 276 g/mol. The molecule has 0 fully saturated rings. The molecule has 1 atom stereocenters. The van der Waals surface area contributed by atoms with E-state index in [-0.39, 0.29) is 27.3 Å². The van der Waals surface area contributed by atoms with Gasteiger partial charge in [0.2, 0.25) is 0 Å². The molecule has 0 spiro atoms. The maximum absolute atomic E-state index is 10.7. The maximum atomic E-state index is 10.7. The Morgan fingerprint density at radius 1 is 1.21 bits per heavy atom. The number of nitrogens with zero attached hydrogens (tertiary/aromatic N) is 1. The van der Waals surface area contributed by atoms with Gasteiger partial charge >= 0.3 is 0 Å². The molecule has 0 bridgehead atoms. The topological polar surface area (TPSA) is 63.4 Å². The third-order valence-corrected chi connectivity index (χ3v) is 4.59. The van der Waals surface area contributed by atoms with E-state index in [0.717, 1.165) is 16.2 Å². The van der Waals surface area contributed by atoms with Gasteiger partial charge in [0.25, 0.3) is 5.69 Å². The van der Waals surface area contributed by atoms with E-state index in [1.165, 1.54) is 6.07 Å². The molecule has 0 amide bonds. The van der Waals surface area contributed by atoms with Crippen molar-refractivity contribution in [2.75, 3.05) is 6.26 Å². The fourth-order valence-corrected chi connectivity index (χ4v) is 3.22. The summed E-state index contributed by atoms with van der Waals surface area (Å²) in [6.07, 6.45) is 2.09. The van der Waals surface area contributed by atoms with Crippen LogP contribution in [0.1, 0.15) is 5.56 Å². The van der Waals surface area contributed by atoms with Gasteiger partial charge in [0.05, 0.1) is 4.92 Å². The van der Waals surface area contributed by atoms with E-state index in [0.29, 0.717) is 0 Å². The number of hydrogen-bond acceptors (Lipinski definition) is 3. The number of phenols is 1. The van der Waals surface area contributed by atoms with Crippen LogP contribution in [0, 0.1) is 10.1 Å². The number of nitro groups is 1. The maximum Gasteiger partial charge on any atom is 0.269 e. The lowest BCUT2D eigenvalue weighted by Crippen LogP contribution is -2.03. The van der Waals surface area contributed by atoms with Crippen LogP contribution < -0.4 is 0 Å². The SMILES string of the molecule is C[S+](Cc1cccc([N+](=O)[O-])c1)c1ccc(O)cc1. The predicted octanol–water partition coefficient (Wildman–Crippen LogP) is 3.11. The summed E-state index contributed by atoms with van der Waals surface area (Å²) < 4.78 is 0. The Morgan fingerprint density at radius 2 is 1.89 bits per heavy atom. The second kappa shape index (κ2) is 5.75. The van der Waals surface area contributed by atoms with E-state index < -0.39 is 0 Å². The molecule has 2 aromatic carbocycles. The highest BCUT2D eigenvalue weighted by molar-refractivity contribution is 7.95. The van der Waals surface area contributed by atoms with E-state index in [2.05, 4.69) is 6.26 Å². The van der Waals surface area contributed by atoms with Gasteiger partial charge in [-0.25, -0.2) is 0 Å². The lowest BCUT2D eigenvalue weighted by Gasteiger charge is -2.03. The minimum Gasteiger partial charge on any atom is -0.508 e. The zero-order valence-corrected chi connectivity index (χ0v) is 11.3. The molecule has 0 saturated carbocycles. The predicted molar refractivity (Wildman–Crippen MR) is 76.5 cm³/mol. The standard InChI is InChI=1S/C14H13NO3S/c1-19(14-7-5-13(16)6-8-14)10-11-3-2-4-12(9-11)15(17)18/h2-9H,10H2,1H3/p+1. The van der Waals surface area contributed by atoms with Crippen molar-refractivity contribution in [3.05, 3.63) is 64.2 Å². The van der Waals surface area contributed by atoms with Crippen LogP contribution in [-0.2, 0) is 16.6 Å². The number of nitro benzene ring substituents is 1. The molecule has 0 heterocycles. The van der Waals surface area contributed by atoms with Gasteiger partial charge in [-0.2, -0.15) is 0 Å². The summed E-state index contributed by atoms with van der Waals surface area (Å²) in [6, 6.07) is 13.8. The average Bonchev–Trinajstić information content (AvgIpc) is 2.39. The van der Waals surface area contributed by atoms with Gasteiger partial charge in [0.1, 0.15) is 17.8 Å². The van der Waals surface area contributed by atoms with Crippen molar-refractivity contribution >= 4 is 16.6 Å². The molecule has 0 aliphatic heterocycles. The Hall–Kier alpha value is -2.01. The number of non-ortho nitro benzene ring substituents is 1. The highest BCUT2D eigenvalue weighted by Gasteiger charge is 2.17. The first kappa shape index (κ1) is 13.4. The van der Waals surface area contributed by atoms with Gasteiger partial charge in [-0.15, -0.1) is 0 Å². The molecule has 0 aliphatic rings. The zero-order valence-electron chi connectivity index (χ0n) is 10.4. The van der Waals surface area contributed by atoms with Crippen LogP contribution >= 0.6 is 0 Å². The first-order valence-electron chi connectivity index (χ1n) is 5.71. The minimum atomic E-state index is -0.377. The van der Waals surface area contributed by atoms with Crippen LogP contribution in [0.3, 0.4) is 0 Å². The van der Waals surface area contributed by atoms with E-state index in [1.54, 1.807) is 24.3 Å². The molecule has 0 aliphatic carbocycles. The summed E-state index contributed by atoms with van der Waals surface area (Å²) in [4.78, 5) is 11.5. The Bertz CT molecular complexity index is 583. The Morgan fingerprint density at radius 3 is 2.53 bits per heavy atom. The van der Waals surface area contributed by atoms with Crippen molar-refractivity contribution in [3.8, 4) is 5.75 Å². The van der Waals surface area contributed by atoms with Crippen LogP contribution in [0.2, 0.25) is 0 Å². The summed E-state index contributed by atoms with van der Waals surface area (Å²) >= 11 is 0. The number of phenolic OH excluding ortho intramolecular Hbond substituents is 1. The van der Waals surface area contributed by atoms with Crippen LogP contribution in [0.15, 0.2) is 53.4 Å². The molecular formula is C14H14NO3S+. The third-order valence-electron chi connectivity index (χ3n) is 2.74. The van der Waals surface area contributed by atoms with Crippen LogP contribution in [0.25, 0.3) is 0 Å². The lowest BCUT2D eigenvalue weighted by atomic mass is 10.2. The second-order valence-corrected chi connectivity index (χ2v) is 6.24. The summed E-state index contributed by atoms with van der Waals surface area (Å²) in [5, 5.41) is 20.0.